The number of rotatable bonds is 1. The minimum absolute atomic E-state index is 0.771. The average Bonchev–Trinajstić information content (AvgIpc) is 2.46. The van der Waals surface area contributed by atoms with Crippen LogP contribution in [0.3, 0.4) is 0 Å². The second-order valence-electron chi connectivity index (χ2n) is 4.55. The van der Waals surface area contributed by atoms with Crippen molar-refractivity contribution in [2.24, 2.45) is 11.8 Å². The lowest BCUT2D eigenvalue weighted by Crippen LogP contribution is -2.38. The highest BCUT2D eigenvalue weighted by Crippen LogP contribution is 2.42. The highest BCUT2D eigenvalue weighted by atomic mass is 15.2. The summed E-state index contributed by atoms with van der Waals surface area (Å²) in [6.45, 7) is 8.47. The third kappa shape index (κ3) is 1.01. The predicted molar refractivity (Wildman–Crippen MR) is 47.5 cm³/mol. The van der Waals surface area contributed by atoms with Gasteiger partial charge in [0.15, 0.2) is 0 Å². The zero-order chi connectivity index (χ0) is 8.01. The SMILES string of the molecule is CC(C)N1CC2CCC1[C@@H]2C. The largest absolute Gasteiger partial charge is 0.297 e. The van der Waals surface area contributed by atoms with Crippen LogP contribution < -0.4 is 0 Å². The van der Waals surface area contributed by atoms with E-state index in [1.807, 2.05) is 0 Å². The Labute approximate surface area is 69.8 Å². The molecule has 2 fully saturated rings. The van der Waals surface area contributed by atoms with Gasteiger partial charge in [-0.3, -0.25) is 4.90 Å². The summed E-state index contributed by atoms with van der Waals surface area (Å²) in [5.74, 6) is 2.01. The van der Waals surface area contributed by atoms with Gasteiger partial charge in [0.05, 0.1) is 0 Å². The van der Waals surface area contributed by atoms with Gasteiger partial charge >= 0.3 is 0 Å². The Morgan fingerprint density at radius 1 is 1.27 bits per heavy atom. The van der Waals surface area contributed by atoms with Gasteiger partial charge in [-0.15, -0.1) is 0 Å². The van der Waals surface area contributed by atoms with Crippen LogP contribution in [-0.4, -0.2) is 23.5 Å². The number of nitrogens with zero attached hydrogens (tertiary/aromatic N) is 1. The van der Waals surface area contributed by atoms with Crippen LogP contribution in [-0.2, 0) is 0 Å². The molecular weight excluding hydrogens is 134 g/mol. The molecular formula is C10H19N. The first-order valence-corrected chi connectivity index (χ1v) is 4.96. The molecule has 0 spiro atoms. The van der Waals surface area contributed by atoms with Gasteiger partial charge in [-0.25, -0.2) is 0 Å². The van der Waals surface area contributed by atoms with Crippen LogP contribution in [0.1, 0.15) is 33.6 Å². The smallest absolute Gasteiger partial charge is 0.0127 e. The van der Waals surface area contributed by atoms with Crippen LogP contribution in [0, 0.1) is 11.8 Å². The first-order chi connectivity index (χ1) is 5.20. The maximum absolute atomic E-state index is 2.69. The summed E-state index contributed by atoms with van der Waals surface area (Å²) >= 11 is 0. The fourth-order valence-corrected chi connectivity index (χ4v) is 2.95. The van der Waals surface area contributed by atoms with E-state index in [2.05, 4.69) is 25.7 Å². The maximum atomic E-state index is 2.69. The van der Waals surface area contributed by atoms with Crippen molar-refractivity contribution in [1.82, 2.24) is 4.90 Å². The summed E-state index contributed by atoms with van der Waals surface area (Å²) in [6, 6.07) is 1.70. The molecule has 2 bridgehead atoms. The molecule has 1 aliphatic carbocycles. The summed E-state index contributed by atoms with van der Waals surface area (Å²) < 4.78 is 0. The first-order valence-electron chi connectivity index (χ1n) is 4.96. The quantitative estimate of drug-likeness (QED) is 0.558. The highest BCUT2D eigenvalue weighted by Gasteiger charge is 2.44. The van der Waals surface area contributed by atoms with Crippen molar-refractivity contribution in [2.75, 3.05) is 6.54 Å². The first kappa shape index (κ1) is 7.60. The van der Waals surface area contributed by atoms with Crippen molar-refractivity contribution in [2.45, 2.75) is 45.7 Å². The van der Waals surface area contributed by atoms with E-state index in [1.165, 1.54) is 19.4 Å². The Bertz CT molecular complexity index is 153. The van der Waals surface area contributed by atoms with Crippen LogP contribution in [0.15, 0.2) is 0 Å². The van der Waals surface area contributed by atoms with Crippen LogP contribution in [0.5, 0.6) is 0 Å². The summed E-state index contributed by atoms with van der Waals surface area (Å²) in [7, 11) is 0. The van der Waals surface area contributed by atoms with Gasteiger partial charge < -0.3 is 0 Å². The summed E-state index contributed by atoms with van der Waals surface area (Å²) in [5, 5.41) is 0. The average molecular weight is 153 g/mol. The molecule has 0 aromatic rings. The molecule has 1 nitrogen and oxygen atoms in total. The molecule has 2 rings (SSSR count). The summed E-state index contributed by atoms with van der Waals surface area (Å²) in [4.78, 5) is 2.69. The molecule has 11 heavy (non-hydrogen) atoms. The lowest BCUT2D eigenvalue weighted by molar-refractivity contribution is 0.164. The molecule has 3 atom stereocenters. The lowest BCUT2D eigenvalue weighted by atomic mass is 10.0. The van der Waals surface area contributed by atoms with Crippen molar-refractivity contribution in [3.05, 3.63) is 0 Å². The summed E-state index contributed by atoms with van der Waals surface area (Å²) in [6.07, 6.45) is 2.96. The Kier molecular flexibility index (Phi) is 1.71. The molecule has 0 amide bonds. The number of piperidine rings is 1. The number of hydrogen-bond acceptors (Lipinski definition) is 1. The van der Waals surface area contributed by atoms with E-state index >= 15 is 0 Å². The molecule has 0 aromatic heterocycles. The molecule has 1 saturated heterocycles. The van der Waals surface area contributed by atoms with Crippen LogP contribution in [0.4, 0.5) is 0 Å². The van der Waals surface area contributed by atoms with Crippen LogP contribution in [0.25, 0.3) is 0 Å². The monoisotopic (exact) mass is 153 g/mol. The Morgan fingerprint density at radius 2 is 2.00 bits per heavy atom. The summed E-state index contributed by atoms with van der Waals surface area (Å²) in [5.41, 5.74) is 0. The van der Waals surface area contributed by atoms with E-state index < -0.39 is 0 Å². The zero-order valence-corrected chi connectivity index (χ0v) is 7.88. The van der Waals surface area contributed by atoms with Crippen molar-refractivity contribution < 1.29 is 0 Å². The molecule has 1 heterocycles. The van der Waals surface area contributed by atoms with Gasteiger partial charge in [-0.2, -0.15) is 0 Å². The van der Waals surface area contributed by atoms with E-state index in [-0.39, 0.29) is 0 Å². The standard InChI is InChI=1S/C10H19N/c1-7(2)11-6-9-4-5-10(11)8(9)3/h7-10H,4-6H2,1-3H3/t8-,9?,10?/m1/s1. The third-order valence-electron chi connectivity index (χ3n) is 3.72. The van der Waals surface area contributed by atoms with Gasteiger partial charge in [0.1, 0.15) is 0 Å². The van der Waals surface area contributed by atoms with Gasteiger partial charge in [-0.05, 0) is 38.5 Å². The van der Waals surface area contributed by atoms with Crippen molar-refractivity contribution in [3.63, 3.8) is 0 Å². The molecule has 1 saturated carbocycles. The predicted octanol–water partition coefficient (Wildman–Crippen LogP) is 2.13. The molecule has 1 aliphatic heterocycles. The molecule has 0 radical (unpaired) electrons. The van der Waals surface area contributed by atoms with Gasteiger partial charge in [0, 0.05) is 18.6 Å². The number of fused-ring (bicyclic) bond motifs is 2. The molecule has 2 unspecified atom stereocenters. The number of likely N-dealkylation sites (tertiary alicyclic amines) is 1. The van der Waals surface area contributed by atoms with E-state index in [4.69, 9.17) is 0 Å². The van der Waals surface area contributed by atoms with Crippen LogP contribution in [0.2, 0.25) is 0 Å². The Balaban J connectivity index is 2.09. The second-order valence-corrected chi connectivity index (χ2v) is 4.55. The van der Waals surface area contributed by atoms with Crippen molar-refractivity contribution in [1.29, 1.82) is 0 Å². The van der Waals surface area contributed by atoms with Crippen molar-refractivity contribution in [3.8, 4) is 0 Å². The minimum Gasteiger partial charge on any atom is -0.297 e. The highest BCUT2D eigenvalue weighted by molar-refractivity contribution is 4.98. The lowest BCUT2D eigenvalue weighted by Gasteiger charge is -2.30. The van der Waals surface area contributed by atoms with E-state index in [0.717, 1.165) is 23.9 Å². The molecule has 0 N–H and O–H groups in total. The number of hydrogen-bond donors (Lipinski definition) is 0. The topological polar surface area (TPSA) is 3.24 Å². The fourth-order valence-electron chi connectivity index (χ4n) is 2.95. The maximum Gasteiger partial charge on any atom is 0.0127 e. The van der Waals surface area contributed by atoms with E-state index in [1.54, 1.807) is 0 Å². The Hall–Kier alpha value is -0.0400. The molecule has 64 valence electrons. The van der Waals surface area contributed by atoms with Crippen LogP contribution >= 0.6 is 0 Å². The van der Waals surface area contributed by atoms with Crippen molar-refractivity contribution >= 4 is 0 Å². The fraction of sp³-hybridized carbons (Fsp3) is 1.00. The van der Waals surface area contributed by atoms with E-state index in [0.29, 0.717) is 0 Å². The van der Waals surface area contributed by atoms with Gasteiger partial charge in [-0.1, -0.05) is 6.92 Å². The minimum atomic E-state index is 0.771. The van der Waals surface area contributed by atoms with E-state index in [9.17, 15) is 0 Å². The Morgan fingerprint density at radius 3 is 2.27 bits per heavy atom. The normalized spacial score (nSPS) is 44.2. The van der Waals surface area contributed by atoms with Gasteiger partial charge in [0.2, 0.25) is 0 Å². The molecule has 1 heteroatoms. The second kappa shape index (κ2) is 2.48. The third-order valence-corrected chi connectivity index (χ3v) is 3.72. The molecule has 2 aliphatic rings. The zero-order valence-electron chi connectivity index (χ0n) is 7.88. The van der Waals surface area contributed by atoms with Gasteiger partial charge in [0.25, 0.3) is 0 Å². The molecule has 0 aromatic carbocycles.